The van der Waals surface area contributed by atoms with Crippen LogP contribution in [0.2, 0.25) is 15.1 Å². The molecule has 1 aliphatic carbocycles. The van der Waals surface area contributed by atoms with E-state index >= 15 is 0 Å². The van der Waals surface area contributed by atoms with Crippen LogP contribution in [-0.2, 0) is 11.3 Å². The Bertz CT molecular complexity index is 769. The van der Waals surface area contributed by atoms with Crippen LogP contribution in [0.1, 0.15) is 18.4 Å². The quantitative estimate of drug-likeness (QED) is 0.673. The van der Waals surface area contributed by atoms with E-state index in [-0.39, 0.29) is 12.5 Å². The zero-order valence-corrected chi connectivity index (χ0v) is 16.5. The maximum absolute atomic E-state index is 12.5. The van der Waals surface area contributed by atoms with Gasteiger partial charge < -0.3 is 10.1 Å². The molecule has 26 heavy (non-hydrogen) atoms. The van der Waals surface area contributed by atoms with Crippen LogP contribution in [-0.4, -0.2) is 30.5 Å². The summed E-state index contributed by atoms with van der Waals surface area (Å²) in [6.45, 7) is 0.968. The molecule has 0 bridgehead atoms. The van der Waals surface area contributed by atoms with Gasteiger partial charge in [0.05, 0.1) is 29.4 Å². The van der Waals surface area contributed by atoms with Crippen molar-refractivity contribution in [2.24, 2.45) is 0 Å². The molecular formula is C19H19Cl3N2O2. The number of methoxy groups -OCH3 is 1. The topological polar surface area (TPSA) is 41.6 Å². The number of hydrogen-bond donors (Lipinski definition) is 1. The third-order valence-electron chi connectivity index (χ3n) is 4.23. The van der Waals surface area contributed by atoms with Gasteiger partial charge in [0, 0.05) is 17.6 Å². The van der Waals surface area contributed by atoms with E-state index in [0.717, 1.165) is 24.2 Å². The molecule has 0 spiro atoms. The summed E-state index contributed by atoms with van der Waals surface area (Å²) >= 11 is 18.2. The fourth-order valence-electron chi connectivity index (χ4n) is 2.74. The van der Waals surface area contributed by atoms with Gasteiger partial charge in [0.2, 0.25) is 5.91 Å². The molecule has 2 aromatic carbocycles. The van der Waals surface area contributed by atoms with Crippen LogP contribution in [0, 0.1) is 0 Å². The molecule has 2 aromatic rings. The number of amides is 1. The maximum atomic E-state index is 12.5. The van der Waals surface area contributed by atoms with Gasteiger partial charge in [0.1, 0.15) is 5.75 Å². The summed E-state index contributed by atoms with van der Waals surface area (Å²) in [6, 6.07) is 11.4. The number of benzene rings is 2. The van der Waals surface area contributed by atoms with Gasteiger partial charge in [0.25, 0.3) is 0 Å². The lowest BCUT2D eigenvalue weighted by Crippen LogP contribution is -2.34. The molecule has 0 radical (unpaired) electrons. The van der Waals surface area contributed by atoms with Crippen LogP contribution in [0.15, 0.2) is 36.4 Å². The Kier molecular flexibility index (Phi) is 6.30. The molecule has 1 amide bonds. The van der Waals surface area contributed by atoms with Gasteiger partial charge in [-0.05, 0) is 42.7 Å². The van der Waals surface area contributed by atoms with E-state index in [1.165, 1.54) is 0 Å². The zero-order valence-electron chi connectivity index (χ0n) is 14.3. The lowest BCUT2D eigenvalue weighted by atomic mass is 10.2. The smallest absolute Gasteiger partial charge is 0.238 e. The van der Waals surface area contributed by atoms with E-state index in [0.29, 0.717) is 33.3 Å². The Morgan fingerprint density at radius 2 is 1.77 bits per heavy atom. The van der Waals surface area contributed by atoms with Crippen molar-refractivity contribution in [3.05, 3.63) is 57.0 Å². The Labute approximate surface area is 168 Å². The Hall–Kier alpha value is -1.46. The standard InChI is InChI=1S/C19H19Cl3N2O2/c1-26-15-6-2-12(3-7-15)10-24(14-4-5-14)11-18(25)23-19-16(21)8-13(20)9-17(19)22/h2-3,6-9,14H,4-5,10-11H2,1H3,(H,23,25). The number of anilines is 1. The number of nitrogens with zero attached hydrogens (tertiary/aromatic N) is 1. The molecule has 1 fully saturated rings. The van der Waals surface area contributed by atoms with E-state index in [2.05, 4.69) is 10.2 Å². The lowest BCUT2D eigenvalue weighted by Gasteiger charge is -2.22. The van der Waals surface area contributed by atoms with Crippen molar-refractivity contribution < 1.29 is 9.53 Å². The van der Waals surface area contributed by atoms with Crippen LogP contribution in [0.5, 0.6) is 5.75 Å². The van der Waals surface area contributed by atoms with E-state index in [1.807, 2.05) is 24.3 Å². The molecular weight excluding hydrogens is 395 g/mol. The van der Waals surface area contributed by atoms with Crippen molar-refractivity contribution in [2.75, 3.05) is 19.0 Å². The number of halogens is 3. The first kappa shape index (κ1) is 19.3. The van der Waals surface area contributed by atoms with Crippen molar-refractivity contribution in [1.82, 2.24) is 4.90 Å². The molecule has 1 N–H and O–H groups in total. The molecule has 0 heterocycles. The first-order valence-corrected chi connectivity index (χ1v) is 9.41. The normalized spacial score (nSPS) is 13.7. The fraction of sp³-hybridized carbons (Fsp3) is 0.316. The van der Waals surface area contributed by atoms with Gasteiger partial charge in [-0.2, -0.15) is 0 Å². The predicted octanol–water partition coefficient (Wildman–Crippen LogP) is 5.26. The summed E-state index contributed by atoms with van der Waals surface area (Å²) in [4.78, 5) is 14.7. The van der Waals surface area contributed by atoms with Gasteiger partial charge in [-0.1, -0.05) is 46.9 Å². The van der Waals surface area contributed by atoms with Gasteiger partial charge in [-0.15, -0.1) is 0 Å². The van der Waals surface area contributed by atoms with E-state index in [9.17, 15) is 4.79 Å². The first-order chi connectivity index (χ1) is 12.5. The molecule has 4 nitrogen and oxygen atoms in total. The minimum atomic E-state index is -0.156. The van der Waals surface area contributed by atoms with Gasteiger partial charge in [-0.25, -0.2) is 0 Å². The number of ether oxygens (including phenoxy) is 1. The summed E-state index contributed by atoms with van der Waals surface area (Å²) in [7, 11) is 1.64. The third kappa shape index (κ3) is 5.04. The monoisotopic (exact) mass is 412 g/mol. The van der Waals surface area contributed by atoms with Crippen LogP contribution >= 0.6 is 34.8 Å². The Morgan fingerprint density at radius 3 is 2.31 bits per heavy atom. The number of carbonyl (C=O) groups excluding carboxylic acids is 1. The summed E-state index contributed by atoms with van der Waals surface area (Å²) in [6.07, 6.45) is 2.21. The van der Waals surface area contributed by atoms with Crippen LogP contribution < -0.4 is 10.1 Å². The highest BCUT2D eigenvalue weighted by Crippen LogP contribution is 2.34. The highest BCUT2D eigenvalue weighted by atomic mass is 35.5. The molecule has 0 aliphatic heterocycles. The predicted molar refractivity (Wildman–Crippen MR) is 107 cm³/mol. The summed E-state index contributed by atoms with van der Waals surface area (Å²) in [5.74, 6) is 0.660. The van der Waals surface area contributed by atoms with E-state index in [4.69, 9.17) is 39.5 Å². The van der Waals surface area contributed by atoms with Crippen molar-refractivity contribution >= 4 is 46.4 Å². The van der Waals surface area contributed by atoms with Crippen molar-refractivity contribution in [1.29, 1.82) is 0 Å². The molecule has 1 saturated carbocycles. The number of nitrogens with one attached hydrogen (secondary N) is 1. The largest absolute Gasteiger partial charge is 0.497 e. The highest BCUT2D eigenvalue weighted by molar-refractivity contribution is 6.42. The number of rotatable bonds is 7. The zero-order chi connectivity index (χ0) is 18.7. The average molecular weight is 414 g/mol. The summed E-state index contributed by atoms with van der Waals surface area (Å²) in [5, 5.41) is 3.87. The van der Waals surface area contributed by atoms with Crippen molar-refractivity contribution in [3.8, 4) is 5.75 Å². The van der Waals surface area contributed by atoms with Crippen molar-refractivity contribution in [2.45, 2.75) is 25.4 Å². The molecule has 0 unspecified atom stereocenters. The maximum Gasteiger partial charge on any atom is 0.238 e. The second-order valence-corrected chi connectivity index (χ2v) is 7.53. The Morgan fingerprint density at radius 1 is 1.15 bits per heavy atom. The minimum Gasteiger partial charge on any atom is -0.497 e. The molecule has 7 heteroatoms. The number of carbonyl (C=O) groups is 1. The number of hydrogen-bond acceptors (Lipinski definition) is 3. The minimum absolute atomic E-state index is 0.156. The summed E-state index contributed by atoms with van der Waals surface area (Å²) < 4.78 is 5.18. The van der Waals surface area contributed by atoms with Crippen LogP contribution in [0.3, 0.4) is 0 Å². The lowest BCUT2D eigenvalue weighted by molar-refractivity contribution is -0.117. The van der Waals surface area contributed by atoms with E-state index in [1.54, 1.807) is 19.2 Å². The molecule has 0 saturated heterocycles. The molecule has 1 aliphatic rings. The average Bonchev–Trinajstić information content (AvgIpc) is 3.43. The molecule has 138 valence electrons. The van der Waals surface area contributed by atoms with Crippen LogP contribution in [0.25, 0.3) is 0 Å². The van der Waals surface area contributed by atoms with Crippen LogP contribution in [0.4, 0.5) is 5.69 Å². The second-order valence-electron chi connectivity index (χ2n) is 6.28. The Balaban J connectivity index is 1.65. The highest BCUT2D eigenvalue weighted by Gasteiger charge is 2.30. The SMILES string of the molecule is COc1ccc(CN(CC(=O)Nc2c(Cl)cc(Cl)cc2Cl)C2CC2)cc1. The van der Waals surface area contributed by atoms with Gasteiger partial charge in [-0.3, -0.25) is 9.69 Å². The second kappa shape index (κ2) is 8.49. The van der Waals surface area contributed by atoms with Gasteiger partial charge in [0.15, 0.2) is 0 Å². The fourth-order valence-corrected chi connectivity index (χ4v) is 3.66. The molecule has 3 rings (SSSR count). The third-order valence-corrected chi connectivity index (χ3v) is 5.04. The molecule has 0 atom stereocenters. The van der Waals surface area contributed by atoms with Crippen molar-refractivity contribution in [3.63, 3.8) is 0 Å². The molecule has 0 aromatic heterocycles. The first-order valence-electron chi connectivity index (χ1n) is 8.27. The van der Waals surface area contributed by atoms with E-state index < -0.39 is 0 Å². The summed E-state index contributed by atoms with van der Waals surface area (Å²) in [5.41, 5.74) is 1.52. The van der Waals surface area contributed by atoms with Gasteiger partial charge >= 0.3 is 0 Å².